The summed E-state index contributed by atoms with van der Waals surface area (Å²) in [5.74, 6) is 0.122. The molecular formula is C21H30F2N2O3. The summed E-state index contributed by atoms with van der Waals surface area (Å²) in [6.07, 6.45) is 2.36. The van der Waals surface area contributed by atoms with E-state index in [0.29, 0.717) is 13.1 Å². The highest BCUT2D eigenvalue weighted by Gasteiger charge is 2.46. The summed E-state index contributed by atoms with van der Waals surface area (Å²) >= 11 is 0. The molecule has 1 N–H and O–H groups in total. The molecule has 0 radical (unpaired) electrons. The average molecular weight is 396 g/mol. The van der Waals surface area contributed by atoms with Crippen LogP contribution in [0, 0.1) is 5.41 Å². The number of ether oxygens (including phenoxy) is 2. The maximum atomic E-state index is 13.0. The largest absolute Gasteiger partial charge is 0.444 e. The third-order valence-corrected chi connectivity index (χ3v) is 5.78. The summed E-state index contributed by atoms with van der Waals surface area (Å²) in [5.41, 5.74) is 0.136. The number of carbonyl (C=O) groups excluding carboxylic acids is 1. The zero-order valence-corrected chi connectivity index (χ0v) is 16.8. The molecule has 2 heterocycles. The van der Waals surface area contributed by atoms with Crippen LogP contribution in [0.4, 0.5) is 13.6 Å². The lowest BCUT2D eigenvalue weighted by Crippen LogP contribution is -2.52. The van der Waals surface area contributed by atoms with E-state index in [9.17, 15) is 13.6 Å². The van der Waals surface area contributed by atoms with Gasteiger partial charge in [-0.25, -0.2) is 4.79 Å². The second-order valence-electron chi connectivity index (χ2n) is 8.76. The minimum Gasteiger partial charge on any atom is -0.444 e. The molecule has 0 aromatic heterocycles. The Morgan fingerprint density at radius 1 is 1.21 bits per heavy atom. The number of hydrogen-bond acceptors (Lipinski definition) is 4. The van der Waals surface area contributed by atoms with Crippen LogP contribution in [0.25, 0.3) is 0 Å². The van der Waals surface area contributed by atoms with E-state index in [1.54, 1.807) is 17.0 Å². The standard InChI is InChI=1S/C21H30F2N2O3/c1-20(2,3)28-19(26)25-13-10-21(8-11-24-12-9-21)16(14-25)15-6-4-5-7-17(15)27-18(22)23/h4-7,16,18,24H,8-14H2,1-3H3. The average Bonchev–Trinajstić information content (AvgIpc) is 2.61. The third-order valence-electron chi connectivity index (χ3n) is 5.78. The Balaban J connectivity index is 1.92. The molecule has 2 aliphatic rings. The van der Waals surface area contributed by atoms with Gasteiger partial charge in [-0.1, -0.05) is 18.2 Å². The number of halogens is 2. The fraction of sp³-hybridized carbons (Fsp3) is 0.667. The van der Waals surface area contributed by atoms with Crippen molar-refractivity contribution in [3.63, 3.8) is 0 Å². The fourth-order valence-electron chi connectivity index (χ4n) is 4.45. The third kappa shape index (κ3) is 4.74. The molecule has 0 aliphatic carbocycles. The molecule has 1 aromatic carbocycles. The van der Waals surface area contributed by atoms with Crippen LogP contribution in [0.3, 0.4) is 0 Å². The van der Waals surface area contributed by atoms with Crippen LogP contribution in [-0.2, 0) is 4.74 Å². The van der Waals surface area contributed by atoms with Crippen LogP contribution in [0.15, 0.2) is 24.3 Å². The molecule has 7 heteroatoms. The van der Waals surface area contributed by atoms with Crippen molar-refractivity contribution in [2.24, 2.45) is 5.41 Å². The normalized spacial score (nSPS) is 22.4. The Labute approximate surface area is 165 Å². The Hall–Kier alpha value is -1.89. The van der Waals surface area contributed by atoms with Crippen molar-refractivity contribution in [1.29, 1.82) is 0 Å². The number of hydrogen-bond donors (Lipinski definition) is 1. The number of amides is 1. The van der Waals surface area contributed by atoms with Gasteiger partial charge in [0.15, 0.2) is 0 Å². The van der Waals surface area contributed by atoms with Gasteiger partial charge >= 0.3 is 12.7 Å². The van der Waals surface area contributed by atoms with Gasteiger partial charge in [0.1, 0.15) is 11.4 Å². The number of nitrogens with zero attached hydrogens (tertiary/aromatic N) is 1. The number of alkyl halides is 2. The second-order valence-corrected chi connectivity index (χ2v) is 8.76. The van der Waals surface area contributed by atoms with Gasteiger partial charge < -0.3 is 19.7 Å². The Morgan fingerprint density at radius 3 is 2.54 bits per heavy atom. The van der Waals surface area contributed by atoms with Crippen molar-refractivity contribution < 1.29 is 23.0 Å². The van der Waals surface area contributed by atoms with Crippen LogP contribution in [0.5, 0.6) is 5.75 Å². The second kappa shape index (κ2) is 8.23. The SMILES string of the molecule is CC(C)(C)OC(=O)N1CCC2(CCNCC2)C(c2ccccc2OC(F)F)C1. The fourth-order valence-corrected chi connectivity index (χ4v) is 4.45. The monoisotopic (exact) mass is 396 g/mol. The first-order chi connectivity index (χ1) is 13.2. The lowest BCUT2D eigenvalue weighted by atomic mass is 9.62. The number of nitrogens with one attached hydrogen (secondary N) is 1. The van der Waals surface area contributed by atoms with Crippen LogP contribution < -0.4 is 10.1 Å². The number of likely N-dealkylation sites (tertiary alicyclic amines) is 1. The molecule has 3 rings (SSSR count). The highest BCUT2D eigenvalue weighted by atomic mass is 19.3. The van der Waals surface area contributed by atoms with Crippen molar-refractivity contribution in [1.82, 2.24) is 10.2 Å². The zero-order chi connectivity index (χ0) is 20.4. The molecule has 2 fully saturated rings. The molecule has 1 atom stereocenters. The van der Waals surface area contributed by atoms with E-state index in [1.807, 2.05) is 32.9 Å². The van der Waals surface area contributed by atoms with Crippen LogP contribution in [0.2, 0.25) is 0 Å². The number of para-hydroxylation sites is 1. The summed E-state index contributed by atoms with van der Waals surface area (Å²) in [6, 6.07) is 6.98. The Bertz CT molecular complexity index is 684. The first-order valence-corrected chi connectivity index (χ1v) is 9.93. The van der Waals surface area contributed by atoms with Gasteiger partial charge in [-0.05, 0) is 70.2 Å². The highest BCUT2D eigenvalue weighted by Crippen LogP contribution is 2.51. The van der Waals surface area contributed by atoms with Gasteiger partial charge in [0.05, 0.1) is 0 Å². The summed E-state index contributed by atoms with van der Waals surface area (Å²) in [6.45, 7) is 5.48. The predicted molar refractivity (Wildman–Crippen MR) is 103 cm³/mol. The molecular weight excluding hydrogens is 366 g/mol. The molecule has 2 aliphatic heterocycles. The minimum atomic E-state index is -2.88. The molecule has 1 spiro atoms. The van der Waals surface area contributed by atoms with E-state index in [0.717, 1.165) is 37.9 Å². The van der Waals surface area contributed by atoms with E-state index in [1.165, 1.54) is 0 Å². The molecule has 0 bridgehead atoms. The van der Waals surface area contributed by atoms with E-state index in [-0.39, 0.29) is 23.2 Å². The van der Waals surface area contributed by atoms with Crippen molar-refractivity contribution in [3.8, 4) is 5.75 Å². The van der Waals surface area contributed by atoms with Gasteiger partial charge in [-0.15, -0.1) is 0 Å². The van der Waals surface area contributed by atoms with Crippen molar-refractivity contribution >= 4 is 6.09 Å². The number of piperidine rings is 2. The van der Waals surface area contributed by atoms with Crippen molar-refractivity contribution in [3.05, 3.63) is 29.8 Å². The number of benzene rings is 1. The van der Waals surface area contributed by atoms with Crippen molar-refractivity contribution in [2.75, 3.05) is 26.2 Å². The topological polar surface area (TPSA) is 50.8 Å². The molecule has 156 valence electrons. The first kappa shape index (κ1) is 20.8. The Kier molecular flexibility index (Phi) is 6.12. The van der Waals surface area contributed by atoms with Crippen molar-refractivity contribution in [2.45, 2.75) is 58.2 Å². The molecule has 1 unspecified atom stereocenters. The lowest BCUT2D eigenvalue weighted by molar-refractivity contribution is -0.0523. The maximum Gasteiger partial charge on any atom is 0.410 e. The van der Waals surface area contributed by atoms with Crippen LogP contribution in [-0.4, -0.2) is 49.4 Å². The van der Waals surface area contributed by atoms with Gasteiger partial charge in [-0.3, -0.25) is 0 Å². The summed E-state index contributed by atoms with van der Waals surface area (Å²) < 4.78 is 36.3. The number of rotatable bonds is 3. The van der Waals surface area contributed by atoms with E-state index in [2.05, 4.69) is 5.32 Å². The van der Waals surface area contributed by atoms with Gasteiger partial charge in [0.2, 0.25) is 0 Å². The van der Waals surface area contributed by atoms with Crippen LogP contribution in [0.1, 0.15) is 51.5 Å². The van der Waals surface area contributed by atoms with Gasteiger partial charge in [-0.2, -0.15) is 8.78 Å². The quantitative estimate of drug-likeness (QED) is 0.824. The van der Waals surface area contributed by atoms with E-state index >= 15 is 0 Å². The molecule has 5 nitrogen and oxygen atoms in total. The molecule has 0 saturated carbocycles. The van der Waals surface area contributed by atoms with E-state index in [4.69, 9.17) is 9.47 Å². The predicted octanol–water partition coefficient (Wildman–Crippen LogP) is 4.38. The smallest absolute Gasteiger partial charge is 0.410 e. The molecule has 1 aromatic rings. The minimum absolute atomic E-state index is 0.0364. The molecule has 2 saturated heterocycles. The summed E-state index contributed by atoms with van der Waals surface area (Å²) in [4.78, 5) is 14.4. The summed E-state index contributed by atoms with van der Waals surface area (Å²) in [5, 5.41) is 3.38. The molecule has 28 heavy (non-hydrogen) atoms. The maximum absolute atomic E-state index is 13.0. The summed E-state index contributed by atoms with van der Waals surface area (Å²) in [7, 11) is 0. The van der Waals surface area contributed by atoms with Gasteiger partial charge in [0.25, 0.3) is 0 Å². The molecule has 1 amide bonds. The van der Waals surface area contributed by atoms with E-state index < -0.39 is 12.2 Å². The lowest BCUT2D eigenvalue weighted by Gasteiger charge is -2.50. The zero-order valence-electron chi connectivity index (χ0n) is 16.8. The van der Waals surface area contributed by atoms with Gasteiger partial charge in [0, 0.05) is 19.0 Å². The highest BCUT2D eigenvalue weighted by molar-refractivity contribution is 5.68. The first-order valence-electron chi connectivity index (χ1n) is 9.93. The van der Waals surface area contributed by atoms with Crippen LogP contribution >= 0.6 is 0 Å². The number of carbonyl (C=O) groups is 1. The Morgan fingerprint density at radius 2 is 1.89 bits per heavy atom.